The smallest absolute Gasteiger partial charge is 0.0604 e. The number of benzene rings is 1. The Kier molecular flexibility index (Phi) is 3.72. The Labute approximate surface area is 110 Å². The summed E-state index contributed by atoms with van der Waals surface area (Å²) in [5.41, 5.74) is 2.77. The summed E-state index contributed by atoms with van der Waals surface area (Å²) in [7, 11) is 0. The SMILES string of the molecule is c1ccc2c(c1)NCCCCN2C1CCCCC1. The monoisotopic (exact) mass is 244 g/mol. The quantitative estimate of drug-likeness (QED) is 0.802. The van der Waals surface area contributed by atoms with E-state index in [9.17, 15) is 0 Å². The summed E-state index contributed by atoms with van der Waals surface area (Å²) in [6.07, 6.45) is 9.63. The van der Waals surface area contributed by atoms with E-state index in [1.54, 1.807) is 0 Å². The first-order valence-electron chi connectivity index (χ1n) is 7.55. The van der Waals surface area contributed by atoms with Gasteiger partial charge in [0, 0.05) is 19.1 Å². The van der Waals surface area contributed by atoms with Gasteiger partial charge in [-0.25, -0.2) is 0 Å². The third-order valence-corrected chi connectivity index (χ3v) is 4.37. The fourth-order valence-corrected chi connectivity index (χ4v) is 3.40. The zero-order valence-electron chi connectivity index (χ0n) is 11.2. The van der Waals surface area contributed by atoms with Crippen LogP contribution in [0.4, 0.5) is 11.4 Å². The second kappa shape index (κ2) is 5.64. The molecule has 1 saturated carbocycles. The molecule has 0 bridgehead atoms. The first-order chi connectivity index (χ1) is 8.95. The number of nitrogens with one attached hydrogen (secondary N) is 1. The van der Waals surface area contributed by atoms with E-state index < -0.39 is 0 Å². The number of anilines is 2. The molecule has 1 fully saturated rings. The molecule has 1 aromatic rings. The van der Waals surface area contributed by atoms with Crippen LogP contribution in [0.15, 0.2) is 24.3 Å². The van der Waals surface area contributed by atoms with Crippen LogP contribution in [0.5, 0.6) is 0 Å². The molecule has 0 amide bonds. The topological polar surface area (TPSA) is 15.3 Å². The average Bonchev–Trinajstić information content (AvgIpc) is 2.41. The van der Waals surface area contributed by atoms with Crippen LogP contribution in [0.3, 0.4) is 0 Å². The predicted molar refractivity (Wildman–Crippen MR) is 78.4 cm³/mol. The number of fused-ring (bicyclic) bond motifs is 1. The van der Waals surface area contributed by atoms with Gasteiger partial charge >= 0.3 is 0 Å². The Morgan fingerprint density at radius 3 is 2.67 bits per heavy atom. The lowest BCUT2D eigenvalue weighted by Crippen LogP contribution is -2.39. The van der Waals surface area contributed by atoms with Gasteiger partial charge in [0.25, 0.3) is 0 Å². The zero-order chi connectivity index (χ0) is 12.2. The predicted octanol–water partition coefficient (Wildman–Crippen LogP) is 4.03. The highest BCUT2D eigenvalue weighted by Crippen LogP contribution is 2.33. The molecular formula is C16H24N2. The molecule has 0 spiro atoms. The first-order valence-corrected chi connectivity index (χ1v) is 7.55. The zero-order valence-corrected chi connectivity index (χ0v) is 11.2. The van der Waals surface area contributed by atoms with Crippen LogP contribution >= 0.6 is 0 Å². The molecule has 98 valence electrons. The van der Waals surface area contributed by atoms with Gasteiger partial charge in [-0.3, -0.25) is 0 Å². The van der Waals surface area contributed by atoms with Gasteiger partial charge in [-0.15, -0.1) is 0 Å². The van der Waals surface area contributed by atoms with Gasteiger partial charge < -0.3 is 10.2 Å². The molecule has 0 unspecified atom stereocenters. The van der Waals surface area contributed by atoms with Crippen molar-refractivity contribution in [3.8, 4) is 0 Å². The van der Waals surface area contributed by atoms with E-state index in [1.165, 1.54) is 62.9 Å². The van der Waals surface area contributed by atoms with Crippen LogP contribution in [-0.4, -0.2) is 19.1 Å². The van der Waals surface area contributed by atoms with E-state index in [0.717, 1.165) is 12.6 Å². The highest BCUT2D eigenvalue weighted by Gasteiger charge is 2.23. The van der Waals surface area contributed by atoms with Crippen molar-refractivity contribution < 1.29 is 0 Å². The van der Waals surface area contributed by atoms with Crippen LogP contribution in [0.25, 0.3) is 0 Å². The maximum absolute atomic E-state index is 3.59. The summed E-state index contributed by atoms with van der Waals surface area (Å²) in [6, 6.07) is 9.63. The van der Waals surface area contributed by atoms with Crippen LogP contribution in [0, 0.1) is 0 Å². The summed E-state index contributed by atoms with van der Waals surface area (Å²) >= 11 is 0. The van der Waals surface area contributed by atoms with Gasteiger partial charge in [0.05, 0.1) is 11.4 Å². The molecule has 3 rings (SSSR count). The van der Waals surface area contributed by atoms with Gasteiger partial charge in [-0.2, -0.15) is 0 Å². The molecule has 1 aromatic carbocycles. The molecular weight excluding hydrogens is 220 g/mol. The van der Waals surface area contributed by atoms with Crippen molar-refractivity contribution in [2.45, 2.75) is 51.0 Å². The van der Waals surface area contributed by atoms with Gasteiger partial charge in [-0.05, 0) is 37.8 Å². The van der Waals surface area contributed by atoms with Gasteiger partial charge in [0.2, 0.25) is 0 Å². The van der Waals surface area contributed by atoms with E-state index in [4.69, 9.17) is 0 Å². The van der Waals surface area contributed by atoms with E-state index in [0.29, 0.717) is 0 Å². The lowest BCUT2D eigenvalue weighted by molar-refractivity contribution is 0.411. The number of rotatable bonds is 1. The molecule has 1 aliphatic heterocycles. The number of nitrogens with zero attached hydrogens (tertiary/aromatic N) is 1. The fourth-order valence-electron chi connectivity index (χ4n) is 3.40. The normalized spacial score (nSPS) is 21.7. The van der Waals surface area contributed by atoms with Crippen LogP contribution in [0.2, 0.25) is 0 Å². The van der Waals surface area contributed by atoms with Gasteiger partial charge in [0.15, 0.2) is 0 Å². The minimum atomic E-state index is 0.778. The fraction of sp³-hybridized carbons (Fsp3) is 0.625. The van der Waals surface area contributed by atoms with Crippen molar-refractivity contribution in [1.82, 2.24) is 0 Å². The molecule has 2 aliphatic rings. The van der Waals surface area contributed by atoms with E-state index >= 15 is 0 Å². The van der Waals surface area contributed by atoms with Crippen molar-refractivity contribution >= 4 is 11.4 Å². The lowest BCUT2D eigenvalue weighted by Gasteiger charge is -2.38. The Morgan fingerprint density at radius 2 is 1.78 bits per heavy atom. The molecule has 2 nitrogen and oxygen atoms in total. The molecule has 18 heavy (non-hydrogen) atoms. The molecule has 0 saturated heterocycles. The van der Waals surface area contributed by atoms with Crippen LogP contribution in [0.1, 0.15) is 44.9 Å². The van der Waals surface area contributed by atoms with Crippen molar-refractivity contribution in [2.75, 3.05) is 23.3 Å². The molecule has 0 atom stereocenters. The van der Waals surface area contributed by atoms with Crippen molar-refractivity contribution in [3.05, 3.63) is 24.3 Å². The second-order valence-corrected chi connectivity index (χ2v) is 5.64. The summed E-state index contributed by atoms with van der Waals surface area (Å²) in [5, 5.41) is 3.59. The Balaban J connectivity index is 1.87. The Bertz CT molecular complexity index is 382. The minimum Gasteiger partial charge on any atom is -0.383 e. The second-order valence-electron chi connectivity index (χ2n) is 5.64. The summed E-state index contributed by atoms with van der Waals surface area (Å²) in [5.74, 6) is 0. The minimum absolute atomic E-state index is 0.778. The maximum Gasteiger partial charge on any atom is 0.0604 e. The standard InChI is InChI=1S/C16H24N2/c1-2-8-14(9-3-1)18-13-7-6-12-17-15-10-4-5-11-16(15)18/h4-5,10-11,14,17H,1-3,6-9,12-13H2. The van der Waals surface area contributed by atoms with E-state index in [1.807, 2.05) is 0 Å². The number of hydrogen-bond acceptors (Lipinski definition) is 2. The highest BCUT2D eigenvalue weighted by atomic mass is 15.2. The molecule has 1 heterocycles. The highest BCUT2D eigenvalue weighted by molar-refractivity contribution is 5.70. The molecule has 1 aliphatic carbocycles. The van der Waals surface area contributed by atoms with Gasteiger partial charge in [0.1, 0.15) is 0 Å². The third-order valence-electron chi connectivity index (χ3n) is 4.37. The largest absolute Gasteiger partial charge is 0.383 e. The Hall–Kier alpha value is -1.18. The lowest BCUT2D eigenvalue weighted by atomic mass is 9.93. The van der Waals surface area contributed by atoms with Gasteiger partial charge in [-0.1, -0.05) is 31.4 Å². The maximum atomic E-state index is 3.59. The molecule has 1 N–H and O–H groups in total. The average molecular weight is 244 g/mol. The van der Waals surface area contributed by atoms with Crippen LogP contribution < -0.4 is 10.2 Å². The van der Waals surface area contributed by atoms with Crippen LogP contribution in [-0.2, 0) is 0 Å². The molecule has 2 heteroatoms. The summed E-state index contributed by atoms with van der Waals surface area (Å²) < 4.78 is 0. The molecule has 0 aromatic heterocycles. The number of para-hydroxylation sites is 2. The third kappa shape index (κ3) is 2.47. The Morgan fingerprint density at radius 1 is 0.944 bits per heavy atom. The van der Waals surface area contributed by atoms with E-state index in [-0.39, 0.29) is 0 Å². The summed E-state index contributed by atoms with van der Waals surface area (Å²) in [6.45, 7) is 2.36. The first kappa shape index (κ1) is 11.9. The molecule has 0 radical (unpaired) electrons. The summed E-state index contributed by atoms with van der Waals surface area (Å²) in [4.78, 5) is 2.68. The van der Waals surface area contributed by atoms with Crippen molar-refractivity contribution in [3.63, 3.8) is 0 Å². The van der Waals surface area contributed by atoms with Crippen molar-refractivity contribution in [2.24, 2.45) is 0 Å². The van der Waals surface area contributed by atoms with E-state index in [2.05, 4.69) is 34.5 Å². The van der Waals surface area contributed by atoms with Crippen molar-refractivity contribution in [1.29, 1.82) is 0 Å². The number of hydrogen-bond donors (Lipinski definition) is 1.